The molecule has 1 unspecified atom stereocenters. The number of nitrogens with zero attached hydrogens (tertiary/aromatic N) is 1. The predicted molar refractivity (Wildman–Crippen MR) is 69.4 cm³/mol. The van der Waals surface area contributed by atoms with Crippen molar-refractivity contribution in [3.8, 4) is 5.75 Å². The molecule has 1 saturated heterocycles. The highest BCUT2D eigenvalue weighted by atomic mass is 16.3. The zero-order chi connectivity index (χ0) is 12.0. The van der Waals surface area contributed by atoms with Gasteiger partial charge in [0.05, 0.1) is 0 Å². The second-order valence-electron chi connectivity index (χ2n) is 5.77. The Balaban J connectivity index is 2.12. The van der Waals surface area contributed by atoms with E-state index in [-0.39, 0.29) is 0 Å². The lowest BCUT2D eigenvalue weighted by Gasteiger charge is -2.50. The Bertz CT molecular complexity index is 443. The maximum absolute atomic E-state index is 9.74. The molecule has 1 fully saturated rings. The van der Waals surface area contributed by atoms with E-state index in [1.54, 1.807) is 0 Å². The molecular formula is C15H21NO. The van der Waals surface area contributed by atoms with Gasteiger partial charge in [-0.2, -0.15) is 0 Å². The molecule has 2 nitrogen and oxygen atoms in total. The number of hydrogen-bond donors (Lipinski definition) is 1. The highest BCUT2D eigenvalue weighted by molar-refractivity contribution is 5.43. The number of piperidine rings is 1. The van der Waals surface area contributed by atoms with E-state index in [1.807, 2.05) is 12.1 Å². The van der Waals surface area contributed by atoms with E-state index in [0.29, 0.717) is 17.2 Å². The van der Waals surface area contributed by atoms with Crippen molar-refractivity contribution in [1.82, 2.24) is 4.90 Å². The van der Waals surface area contributed by atoms with Crippen LogP contribution >= 0.6 is 0 Å². The number of phenolic OH excluding ortho intramolecular Hbond substituents is 1. The van der Waals surface area contributed by atoms with E-state index in [2.05, 4.69) is 24.9 Å². The number of likely N-dealkylation sites (N-methyl/N-ethyl adjacent to an activating group) is 1. The van der Waals surface area contributed by atoms with Gasteiger partial charge in [0, 0.05) is 6.04 Å². The molecule has 0 aromatic heterocycles. The third kappa shape index (κ3) is 1.58. The van der Waals surface area contributed by atoms with E-state index in [1.165, 1.54) is 36.9 Å². The predicted octanol–water partition coefficient (Wildman–Crippen LogP) is 2.69. The maximum atomic E-state index is 9.74. The summed E-state index contributed by atoms with van der Waals surface area (Å²) in [5.74, 6) is 0.425. The van der Waals surface area contributed by atoms with Crippen molar-refractivity contribution in [1.29, 1.82) is 0 Å². The first-order chi connectivity index (χ1) is 8.14. The van der Waals surface area contributed by atoms with E-state index >= 15 is 0 Å². The molecule has 17 heavy (non-hydrogen) atoms. The lowest BCUT2D eigenvalue weighted by atomic mass is 9.62. The topological polar surface area (TPSA) is 23.5 Å². The average molecular weight is 231 g/mol. The zero-order valence-electron chi connectivity index (χ0n) is 10.7. The van der Waals surface area contributed by atoms with Gasteiger partial charge < -0.3 is 10.0 Å². The fraction of sp³-hybridized carbons (Fsp3) is 0.600. The summed E-state index contributed by atoms with van der Waals surface area (Å²) in [6.07, 6.45) is 4.82. The van der Waals surface area contributed by atoms with E-state index < -0.39 is 0 Å². The highest BCUT2D eigenvalue weighted by Crippen LogP contribution is 2.47. The molecule has 1 aliphatic heterocycles. The standard InChI is InChI=1S/C15H21NO/c1-3-15-6-7-16(2)12(10-15)8-11-4-5-13(17)9-14(11)15/h4-5,9,12,17H,3,6-8,10H2,1-2H3/t12?,15-/m0/s1. The minimum Gasteiger partial charge on any atom is -0.508 e. The zero-order valence-corrected chi connectivity index (χ0v) is 10.7. The normalized spacial score (nSPS) is 32.2. The average Bonchev–Trinajstić information content (AvgIpc) is 2.35. The van der Waals surface area contributed by atoms with Crippen molar-refractivity contribution in [3.63, 3.8) is 0 Å². The van der Waals surface area contributed by atoms with Crippen LogP contribution in [0.15, 0.2) is 18.2 Å². The van der Waals surface area contributed by atoms with Crippen molar-refractivity contribution in [2.45, 2.75) is 44.1 Å². The molecule has 2 heteroatoms. The number of rotatable bonds is 1. The molecule has 2 aliphatic rings. The molecule has 3 rings (SSSR count). The Labute approximate surface area is 103 Å². The fourth-order valence-corrected chi connectivity index (χ4v) is 3.76. The SMILES string of the molecule is CC[C@@]12CCN(C)C(Cc3ccc(O)cc31)C2. The quantitative estimate of drug-likeness (QED) is 0.803. The molecule has 92 valence electrons. The summed E-state index contributed by atoms with van der Waals surface area (Å²) in [4.78, 5) is 2.50. The first kappa shape index (κ1) is 11.1. The van der Waals surface area contributed by atoms with Gasteiger partial charge in [0.1, 0.15) is 5.75 Å². The summed E-state index contributed by atoms with van der Waals surface area (Å²) in [7, 11) is 2.25. The van der Waals surface area contributed by atoms with Crippen LogP contribution in [0.1, 0.15) is 37.3 Å². The highest BCUT2D eigenvalue weighted by Gasteiger charge is 2.43. The van der Waals surface area contributed by atoms with Gasteiger partial charge in [0.2, 0.25) is 0 Å². The van der Waals surface area contributed by atoms with Crippen molar-refractivity contribution in [3.05, 3.63) is 29.3 Å². The summed E-state index contributed by atoms with van der Waals surface area (Å²) in [5, 5.41) is 9.74. The molecule has 2 bridgehead atoms. The van der Waals surface area contributed by atoms with Gasteiger partial charge >= 0.3 is 0 Å². The van der Waals surface area contributed by atoms with Crippen molar-refractivity contribution < 1.29 is 5.11 Å². The molecule has 1 N–H and O–H groups in total. The summed E-state index contributed by atoms with van der Waals surface area (Å²) in [5.41, 5.74) is 3.19. The Morgan fingerprint density at radius 3 is 3.06 bits per heavy atom. The number of hydrogen-bond acceptors (Lipinski definition) is 2. The lowest BCUT2D eigenvalue weighted by molar-refractivity contribution is 0.101. The van der Waals surface area contributed by atoms with Crippen molar-refractivity contribution in [2.75, 3.05) is 13.6 Å². The van der Waals surface area contributed by atoms with E-state index in [0.717, 1.165) is 6.42 Å². The van der Waals surface area contributed by atoms with Crippen LogP contribution in [0.4, 0.5) is 0 Å². The Kier molecular flexibility index (Phi) is 2.44. The number of fused-ring (bicyclic) bond motifs is 4. The van der Waals surface area contributed by atoms with Gasteiger partial charge in [-0.1, -0.05) is 13.0 Å². The van der Waals surface area contributed by atoms with E-state index in [9.17, 15) is 5.11 Å². The van der Waals surface area contributed by atoms with Crippen LogP contribution in [0.2, 0.25) is 0 Å². The molecule has 0 saturated carbocycles. The fourth-order valence-electron chi connectivity index (χ4n) is 3.76. The molecule has 1 aliphatic carbocycles. The largest absolute Gasteiger partial charge is 0.508 e. The number of likely N-dealkylation sites (tertiary alicyclic amines) is 1. The molecule has 1 heterocycles. The second-order valence-corrected chi connectivity index (χ2v) is 5.77. The molecule has 0 spiro atoms. The van der Waals surface area contributed by atoms with Crippen LogP contribution in [-0.4, -0.2) is 29.6 Å². The maximum Gasteiger partial charge on any atom is 0.115 e. The number of phenols is 1. The third-order valence-electron chi connectivity index (χ3n) is 4.99. The van der Waals surface area contributed by atoms with Gasteiger partial charge in [-0.25, -0.2) is 0 Å². The van der Waals surface area contributed by atoms with Crippen LogP contribution in [0.5, 0.6) is 5.75 Å². The molecule has 1 aromatic carbocycles. The van der Waals surface area contributed by atoms with Crippen LogP contribution in [0.25, 0.3) is 0 Å². The van der Waals surface area contributed by atoms with Crippen LogP contribution in [0.3, 0.4) is 0 Å². The summed E-state index contributed by atoms with van der Waals surface area (Å²) in [6.45, 7) is 3.48. The second kappa shape index (κ2) is 3.74. The van der Waals surface area contributed by atoms with Gasteiger partial charge in [0.25, 0.3) is 0 Å². The summed E-state index contributed by atoms with van der Waals surface area (Å²) < 4.78 is 0. The summed E-state index contributed by atoms with van der Waals surface area (Å²) >= 11 is 0. The van der Waals surface area contributed by atoms with Crippen LogP contribution in [-0.2, 0) is 11.8 Å². The van der Waals surface area contributed by atoms with Crippen LogP contribution in [0, 0.1) is 0 Å². The van der Waals surface area contributed by atoms with Gasteiger partial charge in [-0.3, -0.25) is 0 Å². The minimum absolute atomic E-state index is 0.323. The Morgan fingerprint density at radius 2 is 2.29 bits per heavy atom. The number of benzene rings is 1. The van der Waals surface area contributed by atoms with Gasteiger partial charge in [0.15, 0.2) is 0 Å². The minimum atomic E-state index is 0.323. The first-order valence-corrected chi connectivity index (χ1v) is 6.67. The summed E-state index contributed by atoms with van der Waals surface area (Å²) in [6, 6.07) is 6.67. The smallest absolute Gasteiger partial charge is 0.115 e. The van der Waals surface area contributed by atoms with Crippen molar-refractivity contribution >= 4 is 0 Å². The lowest BCUT2D eigenvalue weighted by Crippen LogP contribution is -2.51. The first-order valence-electron chi connectivity index (χ1n) is 6.67. The third-order valence-corrected chi connectivity index (χ3v) is 4.99. The monoisotopic (exact) mass is 231 g/mol. The molecular weight excluding hydrogens is 210 g/mol. The van der Waals surface area contributed by atoms with Crippen molar-refractivity contribution in [2.24, 2.45) is 0 Å². The van der Waals surface area contributed by atoms with Crippen LogP contribution < -0.4 is 0 Å². The molecule has 2 atom stereocenters. The molecule has 0 radical (unpaired) electrons. The Morgan fingerprint density at radius 1 is 1.47 bits per heavy atom. The molecule has 0 amide bonds. The molecule has 1 aromatic rings. The van der Waals surface area contributed by atoms with Gasteiger partial charge in [-0.15, -0.1) is 0 Å². The number of aromatic hydroxyl groups is 1. The van der Waals surface area contributed by atoms with E-state index in [4.69, 9.17) is 0 Å². The Hall–Kier alpha value is -1.02. The van der Waals surface area contributed by atoms with Gasteiger partial charge in [-0.05, 0) is 68.0 Å².